The van der Waals surface area contributed by atoms with Crippen molar-refractivity contribution in [3.8, 4) is 0 Å². The van der Waals surface area contributed by atoms with Crippen LogP contribution in [0.5, 0.6) is 0 Å². The number of benzene rings is 1. The summed E-state index contributed by atoms with van der Waals surface area (Å²) in [7, 11) is 0.429. The molecule has 4 rings (SSSR count). The lowest BCUT2D eigenvalue weighted by atomic mass is 9.99. The van der Waals surface area contributed by atoms with Crippen LogP contribution >= 0.6 is 15.8 Å². The predicted octanol–water partition coefficient (Wildman–Crippen LogP) is 7.10. The number of hydrogen-bond acceptors (Lipinski definition) is 0. The van der Waals surface area contributed by atoms with Gasteiger partial charge in [0.1, 0.15) is 0 Å². The molecule has 1 aromatic carbocycles. The van der Waals surface area contributed by atoms with E-state index in [2.05, 4.69) is 30.3 Å². The predicted molar refractivity (Wildman–Crippen MR) is 116 cm³/mol. The Bertz CT molecular complexity index is 484. The summed E-state index contributed by atoms with van der Waals surface area (Å²) in [6.07, 6.45) is 21.7. The fourth-order valence-electron chi connectivity index (χ4n) is 5.65. The van der Waals surface area contributed by atoms with Gasteiger partial charge < -0.3 is 0 Å². The van der Waals surface area contributed by atoms with Crippen molar-refractivity contribution in [3.63, 3.8) is 0 Å². The molecule has 0 spiro atoms. The van der Waals surface area contributed by atoms with Crippen molar-refractivity contribution in [2.45, 2.75) is 94.0 Å². The van der Waals surface area contributed by atoms with E-state index in [1.165, 1.54) is 51.1 Å². The SMILES string of the molecule is c1ccc(P2CCC[C@H]2CP(C2CCCCC2)C2CCCCC2)cc1. The summed E-state index contributed by atoms with van der Waals surface area (Å²) in [5.74, 6) is 0. The third kappa shape index (κ3) is 4.68. The van der Waals surface area contributed by atoms with Crippen LogP contribution in [0.2, 0.25) is 0 Å². The van der Waals surface area contributed by atoms with Crippen LogP contribution in [0.4, 0.5) is 0 Å². The minimum absolute atomic E-state index is 0.138. The summed E-state index contributed by atoms with van der Waals surface area (Å²) < 4.78 is 0. The maximum atomic E-state index is 2.44. The van der Waals surface area contributed by atoms with Crippen LogP contribution < -0.4 is 5.30 Å². The van der Waals surface area contributed by atoms with Crippen molar-refractivity contribution in [2.75, 3.05) is 12.3 Å². The lowest BCUT2D eigenvalue weighted by Gasteiger charge is -2.40. The van der Waals surface area contributed by atoms with Crippen LogP contribution in [0.25, 0.3) is 0 Å². The zero-order valence-electron chi connectivity index (χ0n) is 15.9. The molecule has 2 saturated carbocycles. The highest BCUT2D eigenvalue weighted by molar-refractivity contribution is 7.68. The first-order chi connectivity index (χ1) is 12.4. The second kappa shape index (κ2) is 9.33. The maximum Gasteiger partial charge on any atom is -0.0129 e. The van der Waals surface area contributed by atoms with Crippen LogP contribution in [-0.2, 0) is 0 Å². The first-order valence-electron chi connectivity index (χ1n) is 11.0. The van der Waals surface area contributed by atoms with E-state index in [-0.39, 0.29) is 7.92 Å². The Hall–Kier alpha value is 0.0800. The van der Waals surface area contributed by atoms with E-state index in [1.54, 1.807) is 43.6 Å². The van der Waals surface area contributed by atoms with E-state index >= 15 is 0 Å². The summed E-state index contributed by atoms with van der Waals surface area (Å²) in [5.41, 5.74) is 3.34. The Morgan fingerprint density at radius 2 is 1.32 bits per heavy atom. The molecule has 1 unspecified atom stereocenters. The average Bonchev–Trinajstić information content (AvgIpc) is 3.16. The molecule has 1 aliphatic heterocycles. The highest BCUT2D eigenvalue weighted by atomic mass is 31.1. The van der Waals surface area contributed by atoms with E-state index < -0.39 is 0 Å². The molecule has 2 heteroatoms. The zero-order valence-corrected chi connectivity index (χ0v) is 17.7. The second-order valence-electron chi connectivity index (χ2n) is 8.61. The van der Waals surface area contributed by atoms with Gasteiger partial charge in [-0.2, -0.15) is 0 Å². The molecular formula is C23H36P2. The van der Waals surface area contributed by atoms with E-state index in [4.69, 9.17) is 0 Å². The summed E-state index contributed by atoms with van der Waals surface area (Å²) in [4.78, 5) is 0. The van der Waals surface area contributed by atoms with Gasteiger partial charge in [0.25, 0.3) is 0 Å². The Morgan fingerprint density at radius 3 is 1.92 bits per heavy atom. The Kier molecular flexibility index (Phi) is 6.88. The Balaban J connectivity index is 1.48. The van der Waals surface area contributed by atoms with Crippen molar-refractivity contribution in [1.29, 1.82) is 0 Å². The van der Waals surface area contributed by atoms with Gasteiger partial charge in [0.2, 0.25) is 0 Å². The van der Waals surface area contributed by atoms with Crippen LogP contribution in [-0.4, -0.2) is 29.3 Å². The highest BCUT2D eigenvalue weighted by Crippen LogP contribution is 2.61. The molecule has 25 heavy (non-hydrogen) atoms. The van der Waals surface area contributed by atoms with Crippen molar-refractivity contribution < 1.29 is 0 Å². The normalized spacial score (nSPS) is 29.3. The van der Waals surface area contributed by atoms with Crippen LogP contribution in [0, 0.1) is 0 Å². The summed E-state index contributed by atoms with van der Waals surface area (Å²) in [6.45, 7) is 0. The van der Waals surface area contributed by atoms with Gasteiger partial charge in [-0.15, -0.1) is 0 Å². The van der Waals surface area contributed by atoms with Gasteiger partial charge in [-0.25, -0.2) is 0 Å². The fourth-order valence-corrected chi connectivity index (χ4v) is 13.5. The summed E-state index contributed by atoms with van der Waals surface area (Å²) >= 11 is 0. The molecule has 0 bridgehead atoms. The minimum Gasteiger partial charge on any atom is -0.0997 e. The van der Waals surface area contributed by atoms with Gasteiger partial charge in [0.15, 0.2) is 0 Å². The van der Waals surface area contributed by atoms with Gasteiger partial charge in [-0.3, -0.25) is 0 Å². The van der Waals surface area contributed by atoms with Gasteiger partial charge >= 0.3 is 0 Å². The van der Waals surface area contributed by atoms with E-state index in [9.17, 15) is 0 Å². The smallest absolute Gasteiger partial charge is 0.0129 e. The molecule has 3 fully saturated rings. The topological polar surface area (TPSA) is 0 Å². The van der Waals surface area contributed by atoms with E-state index in [0.717, 1.165) is 17.0 Å². The molecule has 138 valence electrons. The fraction of sp³-hybridized carbons (Fsp3) is 0.739. The molecule has 2 aliphatic carbocycles. The summed E-state index contributed by atoms with van der Waals surface area (Å²) in [5, 5.41) is 1.71. The highest BCUT2D eigenvalue weighted by Gasteiger charge is 2.36. The molecule has 2 atom stereocenters. The van der Waals surface area contributed by atoms with Crippen LogP contribution in [0.15, 0.2) is 30.3 Å². The Morgan fingerprint density at radius 1 is 0.720 bits per heavy atom. The average molecular weight is 374 g/mol. The molecule has 0 radical (unpaired) electrons. The van der Waals surface area contributed by atoms with E-state index in [0.29, 0.717) is 7.92 Å². The minimum atomic E-state index is 0.138. The van der Waals surface area contributed by atoms with Gasteiger partial charge in [-0.05, 0) is 73.1 Å². The van der Waals surface area contributed by atoms with Crippen molar-refractivity contribution in [1.82, 2.24) is 0 Å². The van der Waals surface area contributed by atoms with Gasteiger partial charge in [0, 0.05) is 0 Å². The number of hydrogen-bond donors (Lipinski definition) is 0. The van der Waals surface area contributed by atoms with E-state index in [1.807, 2.05) is 0 Å². The van der Waals surface area contributed by atoms with Gasteiger partial charge in [0.05, 0.1) is 0 Å². The molecule has 1 heterocycles. The quantitative estimate of drug-likeness (QED) is 0.482. The first kappa shape index (κ1) is 18.4. The standard InChI is InChI=1S/C23H36P2/c1-4-11-20(12-5-1)24-18-10-17-23(24)19-25(21-13-6-2-7-14-21)22-15-8-3-9-16-22/h1,4-5,11-12,21-23H,2-3,6-10,13-19H2/t23-,24?/m0/s1. The van der Waals surface area contributed by atoms with Gasteiger partial charge in [-0.1, -0.05) is 84.7 Å². The van der Waals surface area contributed by atoms with Crippen LogP contribution in [0.3, 0.4) is 0 Å². The molecule has 0 amide bonds. The zero-order chi connectivity index (χ0) is 16.9. The largest absolute Gasteiger partial charge is 0.0997 e. The maximum absolute atomic E-state index is 2.44. The molecule has 0 nitrogen and oxygen atoms in total. The monoisotopic (exact) mass is 374 g/mol. The van der Waals surface area contributed by atoms with Crippen molar-refractivity contribution in [3.05, 3.63) is 30.3 Å². The molecule has 0 aromatic heterocycles. The first-order valence-corrected chi connectivity index (χ1v) is 14.3. The lowest BCUT2D eigenvalue weighted by Crippen LogP contribution is -2.25. The lowest BCUT2D eigenvalue weighted by molar-refractivity contribution is 0.483. The number of rotatable bonds is 5. The molecule has 0 N–H and O–H groups in total. The molecular weight excluding hydrogens is 338 g/mol. The van der Waals surface area contributed by atoms with Crippen molar-refractivity contribution >= 4 is 21.1 Å². The second-order valence-corrected chi connectivity index (χ2v) is 14.1. The third-order valence-corrected chi connectivity index (χ3v) is 14.1. The summed E-state index contributed by atoms with van der Waals surface area (Å²) in [6, 6.07) is 11.6. The third-order valence-electron chi connectivity index (χ3n) is 6.97. The molecule has 1 saturated heterocycles. The molecule has 1 aromatic rings. The Labute approximate surface area is 158 Å². The van der Waals surface area contributed by atoms with Crippen molar-refractivity contribution in [2.24, 2.45) is 0 Å². The van der Waals surface area contributed by atoms with Crippen LogP contribution in [0.1, 0.15) is 77.0 Å². The molecule has 3 aliphatic rings.